The van der Waals surface area contributed by atoms with Crippen molar-refractivity contribution in [2.24, 2.45) is 22.2 Å². The minimum absolute atomic E-state index is 0.0431. The molecule has 236 valence electrons. The minimum Gasteiger partial charge on any atom is -0.481 e. The number of imidazole rings is 1. The Labute approximate surface area is 251 Å². The molecule has 3 aromatic rings. The van der Waals surface area contributed by atoms with E-state index in [2.05, 4.69) is 35.9 Å². The van der Waals surface area contributed by atoms with Crippen LogP contribution < -0.4 is 33.2 Å². The van der Waals surface area contributed by atoms with Gasteiger partial charge in [-0.25, -0.2) is 9.78 Å². The Kier molecular flexibility index (Phi) is 11.8. The van der Waals surface area contributed by atoms with Crippen LogP contribution in [0.25, 0.3) is 10.9 Å². The van der Waals surface area contributed by atoms with Crippen molar-refractivity contribution >= 4 is 46.5 Å². The Morgan fingerprint density at radius 1 is 0.909 bits per heavy atom. The highest BCUT2D eigenvalue weighted by Crippen LogP contribution is 2.19. The summed E-state index contributed by atoms with van der Waals surface area (Å²) in [6, 6.07) is 2.19. The number of aliphatic carboxylic acids is 2. The van der Waals surface area contributed by atoms with Crippen molar-refractivity contribution in [1.29, 1.82) is 0 Å². The van der Waals surface area contributed by atoms with Crippen LogP contribution in [0.4, 0.5) is 0 Å². The number of carbonyl (C=O) groups is 5. The lowest BCUT2D eigenvalue weighted by atomic mass is 10.0. The molecule has 0 aliphatic heterocycles. The predicted molar refractivity (Wildman–Crippen MR) is 158 cm³/mol. The molecule has 0 fully saturated rings. The molecular formula is C27H36N10O7. The molecule has 0 saturated carbocycles. The van der Waals surface area contributed by atoms with Crippen molar-refractivity contribution in [3.63, 3.8) is 0 Å². The van der Waals surface area contributed by atoms with Crippen molar-refractivity contribution in [3.8, 4) is 0 Å². The molecule has 17 heteroatoms. The Hall–Kier alpha value is -5.45. The fourth-order valence-corrected chi connectivity index (χ4v) is 4.43. The van der Waals surface area contributed by atoms with Gasteiger partial charge in [0.1, 0.15) is 18.1 Å². The summed E-state index contributed by atoms with van der Waals surface area (Å²) in [5.74, 6) is -5.55. The number of aromatic amines is 2. The van der Waals surface area contributed by atoms with Gasteiger partial charge >= 0.3 is 11.9 Å². The molecule has 4 unspecified atom stereocenters. The van der Waals surface area contributed by atoms with Gasteiger partial charge in [0.15, 0.2) is 5.96 Å². The number of nitrogens with two attached hydrogens (primary N) is 3. The number of carboxylic acids is 2. The lowest BCUT2D eigenvalue weighted by Crippen LogP contribution is -2.58. The summed E-state index contributed by atoms with van der Waals surface area (Å²) >= 11 is 0. The summed E-state index contributed by atoms with van der Waals surface area (Å²) in [7, 11) is 0. The van der Waals surface area contributed by atoms with Gasteiger partial charge in [-0.1, -0.05) is 18.2 Å². The smallest absolute Gasteiger partial charge is 0.326 e. The van der Waals surface area contributed by atoms with Crippen molar-refractivity contribution in [1.82, 2.24) is 30.9 Å². The van der Waals surface area contributed by atoms with E-state index in [4.69, 9.17) is 22.3 Å². The van der Waals surface area contributed by atoms with Crippen molar-refractivity contribution in [2.45, 2.75) is 56.3 Å². The van der Waals surface area contributed by atoms with E-state index < -0.39 is 60.2 Å². The van der Waals surface area contributed by atoms with E-state index in [0.717, 1.165) is 16.5 Å². The van der Waals surface area contributed by atoms with Gasteiger partial charge in [-0.15, -0.1) is 0 Å². The quantitative estimate of drug-likeness (QED) is 0.0455. The zero-order chi connectivity index (χ0) is 32.2. The van der Waals surface area contributed by atoms with Crippen molar-refractivity contribution < 1.29 is 34.2 Å². The standard InChI is InChI=1S/C27H36N10O7/c28-17(8-14-11-33-18-5-2-1-4-16(14)18)23(40)36-20(9-15-12-31-13-34-15)25(42)35-19(6-3-7-32-27(29)30)24(41)37-21(26(43)44)10-22(38)39/h1-2,4-5,11-13,17,19-21,33H,3,6-10,28H2,(H,31,34)(H,35,42)(H,36,40)(H,37,41)(H,38,39)(H,43,44)(H4,29,30,32). The van der Waals surface area contributed by atoms with Gasteiger partial charge in [0.2, 0.25) is 17.7 Å². The van der Waals surface area contributed by atoms with Crippen LogP contribution in [0.2, 0.25) is 0 Å². The highest BCUT2D eigenvalue weighted by molar-refractivity contribution is 5.95. The first kappa shape index (κ1) is 33.1. The van der Waals surface area contributed by atoms with Crippen LogP contribution >= 0.6 is 0 Å². The normalized spacial score (nSPS) is 13.7. The number of hydrogen-bond acceptors (Lipinski definition) is 8. The van der Waals surface area contributed by atoms with E-state index in [1.54, 1.807) is 6.20 Å². The van der Waals surface area contributed by atoms with Crippen LogP contribution in [0.1, 0.15) is 30.5 Å². The molecule has 1 aromatic carbocycles. The molecule has 2 heterocycles. The fraction of sp³-hybridized carbons (Fsp3) is 0.370. The number of nitrogens with zero attached hydrogens (tertiary/aromatic N) is 2. The third-order valence-corrected chi connectivity index (χ3v) is 6.63. The molecule has 0 saturated heterocycles. The second-order valence-electron chi connectivity index (χ2n) is 10.0. The molecular weight excluding hydrogens is 576 g/mol. The van der Waals surface area contributed by atoms with Crippen LogP contribution in [0.15, 0.2) is 48.0 Å². The van der Waals surface area contributed by atoms with Gasteiger partial charge in [-0.3, -0.25) is 24.2 Å². The number of aliphatic imine (C=N–C) groups is 1. The highest BCUT2D eigenvalue weighted by Gasteiger charge is 2.31. The second-order valence-corrected chi connectivity index (χ2v) is 10.0. The van der Waals surface area contributed by atoms with E-state index in [1.165, 1.54) is 12.5 Å². The minimum atomic E-state index is -1.75. The zero-order valence-corrected chi connectivity index (χ0v) is 23.7. The SMILES string of the molecule is NC(N)=NCCCC(NC(=O)C(Cc1cnc[nH]1)NC(=O)C(N)Cc1c[nH]c2ccccc12)C(=O)NC(CC(=O)O)C(=O)O. The largest absolute Gasteiger partial charge is 0.481 e. The van der Waals surface area contributed by atoms with Crippen LogP contribution in [-0.2, 0) is 36.8 Å². The number of carboxylic acid groups (broad SMARTS) is 2. The number of H-pyrrole nitrogens is 2. The highest BCUT2D eigenvalue weighted by atomic mass is 16.4. The van der Waals surface area contributed by atoms with Crippen LogP contribution in [0.3, 0.4) is 0 Å². The summed E-state index contributed by atoms with van der Waals surface area (Å²) in [5.41, 5.74) is 19.1. The third kappa shape index (κ3) is 9.83. The van der Waals surface area contributed by atoms with Gasteiger partial charge in [-0.05, 0) is 30.9 Å². The number of carbonyl (C=O) groups excluding carboxylic acids is 3. The van der Waals surface area contributed by atoms with Gasteiger partial charge < -0.3 is 53.3 Å². The second kappa shape index (κ2) is 15.7. The number of amides is 3. The number of aromatic nitrogens is 3. The first-order chi connectivity index (χ1) is 20.9. The molecule has 2 aromatic heterocycles. The van der Waals surface area contributed by atoms with Crippen LogP contribution in [0.5, 0.6) is 0 Å². The molecule has 13 N–H and O–H groups in total. The Morgan fingerprint density at radius 2 is 1.59 bits per heavy atom. The van der Waals surface area contributed by atoms with Gasteiger partial charge in [0, 0.05) is 42.0 Å². The summed E-state index contributed by atoms with van der Waals surface area (Å²) in [5, 5.41) is 26.6. The molecule has 3 amide bonds. The summed E-state index contributed by atoms with van der Waals surface area (Å²) in [6.07, 6.45) is 4.00. The maximum atomic E-state index is 13.5. The number of hydrogen-bond donors (Lipinski definition) is 10. The summed E-state index contributed by atoms with van der Waals surface area (Å²) in [6.45, 7) is 0.0937. The Bertz CT molecular complexity index is 1480. The molecule has 0 bridgehead atoms. The van der Waals surface area contributed by atoms with E-state index in [1.807, 2.05) is 24.3 Å². The lowest BCUT2D eigenvalue weighted by Gasteiger charge is -2.25. The van der Waals surface area contributed by atoms with Crippen LogP contribution in [0, 0.1) is 0 Å². The maximum Gasteiger partial charge on any atom is 0.326 e. The first-order valence-corrected chi connectivity index (χ1v) is 13.6. The molecule has 44 heavy (non-hydrogen) atoms. The number of rotatable bonds is 17. The third-order valence-electron chi connectivity index (χ3n) is 6.63. The first-order valence-electron chi connectivity index (χ1n) is 13.6. The number of para-hydroxylation sites is 1. The summed E-state index contributed by atoms with van der Waals surface area (Å²) in [4.78, 5) is 76.1. The predicted octanol–water partition coefficient (Wildman–Crippen LogP) is -1.93. The molecule has 0 radical (unpaired) electrons. The maximum absolute atomic E-state index is 13.5. The Morgan fingerprint density at radius 3 is 2.25 bits per heavy atom. The van der Waals surface area contributed by atoms with E-state index in [-0.39, 0.29) is 38.2 Å². The molecule has 17 nitrogen and oxygen atoms in total. The van der Waals surface area contributed by atoms with E-state index >= 15 is 0 Å². The topological polar surface area (TPSA) is 297 Å². The lowest BCUT2D eigenvalue weighted by molar-refractivity contribution is -0.147. The van der Waals surface area contributed by atoms with Gasteiger partial charge in [0.25, 0.3) is 0 Å². The number of nitrogens with one attached hydrogen (secondary N) is 5. The van der Waals surface area contributed by atoms with Gasteiger partial charge in [-0.2, -0.15) is 0 Å². The average molecular weight is 613 g/mol. The van der Waals surface area contributed by atoms with Crippen molar-refractivity contribution in [2.75, 3.05) is 6.54 Å². The molecule has 0 spiro atoms. The molecule has 0 aliphatic rings. The number of fused-ring (bicyclic) bond motifs is 1. The van der Waals surface area contributed by atoms with E-state index in [9.17, 15) is 29.1 Å². The Balaban J connectivity index is 1.76. The summed E-state index contributed by atoms with van der Waals surface area (Å²) < 4.78 is 0. The number of benzene rings is 1. The monoisotopic (exact) mass is 612 g/mol. The molecule has 0 aliphatic carbocycles. The number of guanidine groups is 1. The molecule has 4 atom stereocenters. The molecule has 3 rings (SSSR count). The average Bonchev–Trinajstić information content (AvgIpc) is 3.63. The van der Waals surface area contributed by atoms with E-state index in [0.29, 0.717) is 5.69 Å². The van der Waals surface area contributed by atoms with Crippen molar-refractivity contribution in [3.05, 3.63) is 54.2 Å². The van der Waals surface area contributed by atoms with Crippen LogP contribution in [-0.4, -0.2) is 91.5 Å². The van der Waals surface area contributed by atoms with Gasteiger partial charge in [0.05, 0.1) is 18.8 Å². The zero-order valence-electron chi connectivity index (χ0n) is 23.7. The fourth-order valence-electron chi connectivity index (χ4n) is 4.43.